The quantitative estimate of drug-likeness (QED) is 0.0315. The Morgan fingerprint density at radius 2 is 1.30 bits per heavy atom. The van der Waals surface area contributed by atoms with Crippen LogP contribution in [0.25, 0.3) is 10.4 Å². The van der Waals surface area contributed by atoms with Gasteiger partial charge in [-0.05, 0) is 42.0 Å². The maximum atomic E-state index is 14.1. The van der Waals surface area contributed by atoms with E-state index in [4.69, 9.17) is 56.8 Å². The molecule has 0 aromatic heterocycles. The van der Waals surface area contributed by atoms with Gasteiger partial charge in [0.15, 0.2) is 30.9 Å². The number of fused-ring (bicyclic) bond motifs is 1. The van der Waals surface area contributed by atoms with Gasteiger partial charge in [0.2, 0.25) is 0 Å². The molecular weight excluding hydrogens is 873 g/mol. The maximum Gasteiger partial charge on any atom is 0.509 e. The molecule has 0 spiro atoms. The van der Waals surface area contributed by atoms with Gasteiger partial charge >= 0.3 is 18.2 Å². The van der Waals surface area contributed by atoms with E-state index in [9.17, 15) is 19.9 Å². The van der Waals surface area contributed by atoms with Crippen LogP contribution in [0.15, 0.2) is 109 Å². The van der Waals surface area contributed by atoms with Crippen molar-refractivity contribution in [1.29, 1.82) is 0 Å². The molecule has 67 heavy (non-hydrogen) atoms. The summed E-state index contributed by atoms with van der Waals surface area (Å²) in [6.45, 7) is 9.18. The molecule has 4 aliphatic heterocycles. The summed E-state index contributed by atoms with van der Waals surface area (Å²) in [4.78, 5) is 43.5. The maximum absolute atomic E-state index is 14.1. The van der Waals surface area contributed by atoms with Crippen LogP contribution in [-0.2, 0) is 81.5 Å². The van der Waals surface area contributed by atoms with Gasteiger partial charge in [-0.25, -0.2) is 14.4 Å². The smallest absolute Gasteiger partial charge is 0.467 e. The number of carbonyl (C=O) groups is 3. The van der Waals surface area contributed by atoms with Gasteiger partial charge in [0.1, 0.15) is 43.2 Å². The molecule has 19 heteroatoms. The highest BCUT2D eigenvalue weighted by atomic mass is 16.8. The van der Waals surface area contributed by atoms with E-state index in [1.807, 2.05) is 112 Å². The molecule has 3 aromatic carbocycles. The van der Waals surface area contributed by atoms with Crippen LogP contribution in [0.2, 0.25) is 0 Å². The summed E-state index contributed by atoms with van der Waals surface area (Å²) in [5.41, 5.74) is 12.6. The fraction of sp³-hybridized carbons (Fsp3) is 0.521. The Balaban J connectivity index is 1.28. The second-order valence-corrected chi connectivity index (χ2v) is 16.3. The summed E-state index contributed by atoms with van der Waals surface area (Å²) in [5, 5.41) is 6.96. The van der Waals surface area contributed by atoms with E-state index in [-0.39, 0.29) is 26.4 Å². The van der Waals surface area contributed by atoms with Gasteiger partial charge in [-0.1, -0.05) is 123 Å². The lowest BCUT2D eigenvalue weighted by Gasteiger charge is -2.50. The number of azide groups is 1. The summed E-state index contributed by atoms with van der Waals surface area (Å²) in [6, 6.07) is 26.3. The highest BCUT2D eigenvalue weighted by Gasteiger charge is 2.59. The fourth-order valence-corrected chi connectivity index (χ4v) is 8.73. The first-order valence-corrected chi connectivity index (χ1v) is 22.4. The Kier molecular flexibility index (Phi) is 17.6. The molecule has 15 atom stereocenters. The lowest BCUT2D eigenvalue weighted by Crippen LogP contribution is -2.68. The first-order valence-electron chi connectivity index (χ1n) is 22.4. The zero-order chi connectivity index (χ0) is 47.3. The molecule has 4 aliphatic rings. The number of esters is 1. The molecule has 0 saturated carbocycles. The average Bonchev–Trinajstić information content (AvgIpc) is 3.76. The molecule has 4 fully saturated rings. The minimum absolute atomic E-state index is 0.0947. The lowest BCUT2D eigenvalue weighted by molar-refractivity contribution is -0.360. The molecular formula is C48H58N4O15. The number of methoxy groups -OCH3 is 1. The third-order valence-electron chi connectivity index (χ3n) is 12.0. The number of nitrogens with zero attached hydrogens (tertiary/aromatic N) is 3. The van der Waals surface area contributed by atoms with Gasteiger partial charge in [0.05, 0.1) is 51.3 Å². The van der Waals surface area contributed by atoms with Crippen molar-refractivity contribution in [1.82, 2.24) is 5.32 Å². The molecule has 6 unspecified atom stereocenters. The molecule has 7 rings (SSSR count). The zero-order valence-electron chi connectivity index (χ0n) is 37.8. The normalized spacial score (nSPS) is 32.4. The Hall–Kier alpha value is -5.60. The van der Waals surface area contributed by atoms with Crippen molar-refractivity contribution in [2.24, 2.45) is 5.11 Å². The molecule has 4 saturated heterocycles. The first kappa shape index (κ1) is 49.3. The monoisotopic (exact) mass is 930 g/mol. The van der Waals surface area contributed by atoms with Gasteiger partial charge in [-0.2, -0.15) is 0 Å². The summed E-state index contributed by atoms with van der Waals surface area (Å²) < 4.78 is 75.2. The van der Waals surface area contributed by atoms with Crippen molar-refractivity contribution in [3.63, 3.8) is 0 Å². The fourth-order valence-electron chi connectivity index (χ4n) is 8.73. The van der Waals surface area contributed by atoms with Crippen molar-refractivity contribution in [2.75, 3.05) is 13.7 Å². The largest absolute Gasteiger partial charge is 0.509 e. The number of hydrogen-bond donors (Lipinski definition) is 1. The number of alkyl carbamates (subject to hydrolysis) is 1. The molecule has 360 valence electrons. The summed E-state index contributed by atoms with van der Waals surface area (Å²) >= 11 is 0. The van der Waals surface area contributed by atoms with Crippen molar-refractivity contribution < 1.29 is 71.2 Å². The van der Waals surface area contributed by atoms with Crippen LogP contribution in [0.3, 0.4) is 0 Å². The Labute approximate surface area is 388 Å². The van der Waals surface area contributed by atoms with Crippen LogP contribution in [0.4, 0.5) is 9.59 Å². The summed E-state index contributed by atoms with van der Waals surface area (Å²) in [6.07, 6.45) is -14.4. The molecule has 4 heterocycles. The lowest BCUT2D eigenvalue weighted by atomic mass is 9.92. The van der Waals surface area contributed by atoms with Crippen molar-refractivity contribution >= 4 is 18.2 Å². The highest BCUT2D eigenvalue weighted by Crippen LogP contribution is 2.39. The Bertz CT molecular complexity index is 2120. The second-order valence-electron chi connectivity index (χ2n) is 16.3. The van der Waals surface area contributed by atoms with E-state index >= 15 is 0 Å². The van der Waals surface area contributed by atoms with Crippen LogP contribution in [0, 0.1) is 0 Å². The number of amides is 1. The second kappa shape index (κ2) is 23.9. The minimum Gasteiger partial charge on any atom is -0.467 e. The van der Waals surface area contributed by atoms with Gasteiger partial charge < -0.3 is 62.2 Å². The Morgan fingerprint density at radius 3 is 1.85 bits per heavy atom. The number of carbonyl (C=O) groups excluding carboxylic acids is 3. The van der Waals surface area contributed by atoms with E-state index < -0.39 is 110 Å². The van der Waals surface area contributed by atoms with Crippen molar-refractivity contribution in [3.05, 3.63) is 131 Å². The SMILES string of the molecule is C=CCOC(=O)OC1[C@H](O[C@@H]2C(CC)O[C@@H](C)C3NC(=O)O[C@H]32)OC(C(=O)OC)[C@@H](O[C@H]2OC(CC)[C@H](OCc3ccccc3)[C@H](OCc3ccccc3)C2N=[N+]=[N-])[C@@H]1OCc1ccccc1. The standard InChI is InChI=1S/C48H58N4O15/c1-6-24-57-48(55)67-43-40(60-27-31-22-16-11-17-23-31)41(42(44(53)56-5)65-46(43)63-37-33(8-3)61-28(4)34-39(37)66-47(54)50-34)64-45-35(51-52-49)38(59-26-30-20-14-10-15-21-30)36(32(7-2)62-45)58-25-29-18-12-9-13-19-29/h6,9-23,28,32-43,45-46H,1,7-8,24-27H2,2-5H3,(H,50,54)/t28-,32?,33?,34?,35?,36-,37+,38+,39+,40-,41-,42?,43?,45+,46+/m0/s1. The molecule has 1 amide bonds. The predicted molar refractivity (Wildman–Crippen MR) is 236 cm³/mol. The van der Waals surface area contributed by atoms with E-state index in [1.54, 1.807) is 0 Å². The molecule has 0 radical (unpaired) electrons. The van der Waals surface area contributed by atoms with Crippen LogP contribution in [0.5, 0.6) is 0 Å². The molecule has 3 aromatic rings. The molecule has 0 bridgehead atoms. The van der Waals surface area contributed by atoms with Gasteiger partial charge in [-0.3, -0.25) is 0 Å². The zero-order valence-corrected chi connectivity index (χ0v) is 37.8. The first-order chi connectivity index (χ1) is 32.7. The van der Waals surface area contributed by atoms with Crippen LogP contribution in [-0.4, -0.2) is 124 Å². The number of rotatable bonds is 20. The van der Waals surface area contributed by atoms with E-state index in [1.165, 1.54) is 13.2 Å². The van der Waals surface area contributed by atoms with E-state index in [0.717, 1.165) is 11.1 Å². The number of ether oxygens (including phenoxy) is 12. The number of nitrogens with one attached hydrogen (secondary N) is 1. The van der Waals surface area contributed by atoms with Crippen LogP contribution < -0.4 is 5.32 Å². The molecule has 19 nitrogen and oxygen atoms in total. The minimum atomic E-state index is -1.67. The van der Waals surface area contributed by atoms with Gasteiger partial charge in [-0.15, -0.1) is 0 Å². The molecule has 0 aliphatic carbocycles. The Morgan fingerprint density at radius 1 is 0.746 bits per heavy atom. The van der Waals surface area contributed by atoms with Crippen LogP contribution in [0.1, 0.15) is 50.3 Å². The molecule has 1 N–H and O–H groups in total. The third kappa shape index (κ3) is 12.1. The number of benzene rings is 3. The average molecular weight is 931 g/mol. The number of hydrogen-bond acceptors (Lipinski definition) is 16. The van der Waals surface area contributed by atoms with Gasteiger partial charge in [0, 0.05) is 4.91 Å². The summed E-state index contributed by atoms with van der Waals surface area (Å²) in [5.74, 6) is -0.920. The van der Waals surface area contributed by atoms with Crippen LogP contribution >= 0.6 is 0 Å². The topological polar surface area (TPSA) is 223 Å². The van der Waals surface area contributed by atoms with Crippen molar-refractivity contribution in [3.8, 4) is 0 Å². The van der Waals surface area contributed by atoms with Crippen molar-refractivity contribution in [2.45, 2.75) is 145 Å². The third-order valence-corrected chi connectivity index (χ3v) is 12.0. The van der Waals surface area contributed by atoms with Gasteiger partial charge in [0.25, 0.3) is 0 Å². The predicted octanol–water partition coefficient (Wildman–Crippen LogP) is 6.61. The highest BCUT2D eigenvalue weighted by molar-refractivity contribution is 5.75. The van der Waals surface area contributed by atoms with E-state index in [2.05, 4.69) is 21.9 Å². The summed E-state index contributed by atoms with van der Waals surface area (Å²) in [7, 11) is 1.17. The van der Waals surface area contributed by atoms with E-state index in [0.29, 0.717) is 18.4 Å².